The fraction of sp³-hybridized carbons (Fsp3) is 0.174. The summed E-state index contributed by atoms with van der Waals surface area (Å²) in [5.41, 5.74) is 3.26. The predicted octanol–water partition coefficient (Wildman–Crippen LogP) is 4.42. The molecule has 2 heterocycles. The maximum Gasteiger partial charge on any atom is 0.408 e. The zero-order chi connectivity index (χ0) is 20.9. The van der Waals surface area contributed by atoms with Crippen molar-refractivity contribution in [1.29, 1.82) is 0 Å². The lowest BCUT2D eigenvalue weighted by atomic mass is 10.2. The van der Waals surface area contributed by atoms with Gasteiger partial charge in [0.25, 0.3) is 0 Å². The van der Waals surface area contributed by atoms with Gasteiger partial charge in [-0.2, -0.15) is 0 Å². The van der Waals surface area contributed by atoms with Crippen LogP contribution in [0.25, 0.3) is 16.9 Å². The standard InChI is InChI=1S/C23H22N4O3/c1-16(25-23(28)30-15-17-7-4-3-5-8-17)21-26-20-9-6-14-24-22(20)27(21)18-10-12-19(29-2)13-11-18/h3-14,16H,15H2,1-2H3,(H,25,28). The number of nitrogens with one attached hydrogen (secondary N) is 1. The summed E-state index contributed by atoms with van der Waals surface area (Å²) in [6.07, 6.45) is 1.22. The molecule has 1 N–H and O–H groups in total. The minimum atomic E-state index is -0.507. The third kappa shape index (κ3) is 4.10. The number of pyridine rings is 1. The van der Waals surface area contributed by atoms with Crippen LogP contribution in [-0.2, 0) is 11.3 Å². The van der Waals surface area contributed by atoms with Crippen LogP contribution in [0.4, 0.5) is 4.79 Å². The van der Waals surface area contributed by atoms with Gasteiger partial charge in [-0.15, -0.1) is 0 Å². The highest BCUT2D eigenvalue weighted by Crippen LogP contribution is 2.25. The van der Waals surface area contributed by atoms with Crippen LogP contribution in [0, 0.1) is 0 Å². The van der Waals surface area contributed by atoms with Crippen molar-refractivity contribution in [1.82, 2.24) is 19.9 Å². The lowest BCUT2D eigenvalue weighted by Gasteiger charge is -2.16. The van der Waals surface area contributed by atoms with Crippen LogP contribution in [0.15, 0.2) is 72.9 Å². The number of fused-ring (bicyclic) bond motifs is 1. The second-order valence-electron chi connectivity index (χ2n) is 6.78. The Hall–Kier alpha value is -3.87. The number of carbonyl (C=O) groups excluding carboxylic acids is 1. The van der Waals surface area contributed by atoms with Crippen LogP contribution in [0.3, 0.4) is 0 Å². The van der Waals surface area contributed by atoms with Crippen molar-refractivity contribution < 1.29 is 14.3 Å². The van der Waals surface area contributed by atoms with Gasteiger partial charge in [-0.05, 0) is 48.9 Å². The lowest BCUT2D eigenvalue weighted by molar-refractivity contribution is 0.136. The fourth-order valence-corrected chi connectivity index (χ4v) is 3.21. The molecule has 0 aliphatic rings. The number of carbonyl (C=O) groups is 1. The molecule has 2 aromatic carbocycles. The van der Waals surface area contributed by atoms with Gasteiger partial charge < -0.3 is 14.8 Å². The Balaban J connectivity index is 1.58. The molecule has 2 aromatic heterocycles. The number of hydrogen-bond donors (Lipinski definition) is 1. The van der Waals surface area contributed by atoms with E-state index in [4.69, 9.17) is 14.5 Å². The van der Waals surface area contributed by atoms with E-state index in [2.05, 4.69) is 10.3 Å². The van der Waals surface area contributed by atoms with E-state index in [-0.39, 0.29) is 6.61 Å². The van der Waals surface area contributed by atoms with Crippen molar-refractivity contribution in [3.63, 3.8) is 0 Å². The summed E-state index contributed by atoms with van der Waals surface area (Å²) >= 11 is 0. The molecule has 0 saturated heterocycles. The highest BCUT2D eigenvalue weighted by Gasteiger charge is 2.20. The molecule has 1 atom stereocenters. The molecule has 152 valence electrons. The third-order valence-corrected chi connectivity index (χ3v) is 4.71. The molecule has 7 heteroatoms. The zero-order valence-electron chi connectivity index (χ0n) is 16.8. The van der Waals surface area contributed by atoms with E-state index in [0.29, 0.717) is 11.5 Å². The van der Waals surface area contributed by atoms with Gasteiger partial charge >= 0.3 is 6.09 Å². The maximum atomic E-state index is 12.3. The summed E-state index contributed by atoms with van der Waals surface area (Å²) in [5, 5.41) is 2.86. The number of rotatable bonds is 6. The number of aromatic nitrogens is 3. The van der Waals surface area contributed by atoms with Crippen LogP contribution < -0.4 is 10.1 Å². The SMILES string of the molecule is COc1ccc(-n2c(C(C)NC(=O)OCc3ccccc3)nc3cccnc32)cc1. The Kier molecular flexibility index (Phi) is 5.61. The molecular weight excluding hydrogens is 380 g/mol. The molecule has 1 amide bonds. The average molecular weight is 402 g/mol. The quantitative estimate of drug-likeness (QED) is 0.517. The molecule has 0 radical (unpaired) electrons. The van der Waals surface area contributed by atoms with Gasteiger partial charge in [-0.25, -0.2) is 14.8 Å². The average Bonchev–Trinajstić information content (AvgIpc) is 3.18. The van der Waals surface area contributed by atoms with Crippen molar-refractivity contribution in [3.05, 3.63) is 84.3 Å². The Labute approximate surface area is 174 Å². The molecule has 4 aromatic rings. The minimum Gasteiger partial charge on any atom is -0.497 e. The largest absolute Gasteiger partial charge is 0.497 e. The monoisotopic (exact) mass is 402 g/mol. The van der Waals surface area contributed by atoms with Crippen molar-refractivity contribution in [3.8, 4) is 11.4 Å². The van der Waals surface area contributed by atoms with E-state index in [1.54, 1.807) is 13.3 Å². The molecule has 7 nitrogen and oxygen atoms in total. The Morgan fingerprint density at radius 3 is 2.57 bits per heavy atom. The summed E-state index contributed by atoms with van der Waals surface area (Å²) in [5.74, 6) is 1.42. The second-order valence-corrected chi connectivity index (χ2v) is 6.78. The van der Waals surface area contributed by atoms with E-state index >= 15 is 0 Å². The van der Waals surface area contributed by atoms with Gasteiger partial charge in [0, 0.05) is 11.9 Å². The summed E-state index contributed by atoms with van der Waals surface area (Å²) in [7, 11) is 1.63. The van der Waals surface area contributed by atoms with Crippen molar-refractivity contribution in [2.45, 2.75) is 19.6 Å². The van der Waals surface area contributed by atoms with Crippen LogP contribution in [0.1, 0.15) is 24.4 Å². The second kappa shape index (κ2) is 8.65. The molecule has 0 aliphatic carbocycles. The van der Waals surface area contributed by atoms with Crippen molar-refractivity contribution in [2.75, 3.05) is 7.11 Å². The van der Waals surface area contributed by atoms with Gasteiger partial charge in [0.05, 0.1) is 13.2 Å². The first-order valence-corrected chi connectivity index (χ1v) is 9.60. The van der Waals surface area contributed by atoms with E-state index in [9.17, 15) is 4.79 Å². The number of alkyl carbamates (subject to hydrolysis) is 1. The number of amides is 1. The first-order chi connectivity index (χ1) is 14.7. The molecule has 0 aliphatic heterocycles. The number of nitrogens with zero attached hydrogens (tertiary/aromatic N) is 3. The Bertz CT molecular complexity index is 1140. The molecule has 1 unspecified atom stereocenters. The molecule has 4 rings (SSSR count). The number of benzene rings is 2. The molecule has 0 spiro atoms. The molecule has 0 fully saturated rings. The predicted molar refractivity (Wildman–Crippen MR) is 114 cm³/mol. The number of ether oxygens (including phenoxy) is 2. The summed E-state index contributed by atoms with van der Waals surface area (Å²) in [6, 6.07) is 20.5. The highest BCUT2D eigenvalue weighted by atomic mass is 16.5. The molecular formula is C23H22N4O3. The van der Waals surface area contributed by atoms with Crippen molar-refractivity contribution in [2.24, 2.45) is 0 Å². The van der Waals surface area contributed by atoms with Crippen LogP contribution in [0.2, 0.25) is 0 Å². The summed E-state index contributed by atoms with van der Waals surface area (Å²) in [4.78, 5) is 21.5. The number of hydrogen-bond acceptors (Lipinski definition) is 5. The zero-order valence-corrected chi connectivity index (χ0v) is 16.8. The van der Waals surface area contributed by atoms with Gasteiger partial charge in [-0.1, -0.05) is 30.3 Å². The molecule has 30 heavy (non-hydrogen) atoms. The topological polar surface area (TPSA) is 78.3 Å². The molecule has 0 bridgehead atoms. The van der Waals surface area contributed by atoms with Gasteiger partial charge in [-0.3, -0.25) is 4.57 Å². The van der Waals surface area contributed by atoms with Crippen molar-refractivity contribution >= 4 is 17.3 Å². The van der Waals surface area contributed by atoms with E-state index in [1.165, 1.54) is 0 Å². The normalized spacial score (nSPS) is 11.8. The first kappa shape index (κ1) is 19.4. The molecule has 0 saturated carbocycles. The maximum absolute atomic E-state index is 12.3. The van der Waals surface area contributed by atoms with E-state index in [1.807, 2.05) is 78.2 Å². The fourth-order valence-electron chi connectivity index (χ4n) is 3.21. The Morgan fingerprint density at radius 2 is 1.83 bits per heavy atom. The number of methoxy groups -OCH3 is 1. The minimum absolute atomic E-state index is 0.204. The highest BCUT2D eigenvalue weighted by molar-refractivity contribution is 5.74. The number of imidazole rings is 1. The Morgan fingerprint density at radius 1 is 1.07 bits per heavy atom. The van der Waals surface area contributed by atoms with Crippen LogP contribution >= 0.6 is 0 Å². The van der Waals surface area contributed by atoms with Gasteiger partial charge in [0.15, 0.2) is 5.65 Å². The van der Waals surface area contributed by atoms with E-state index in [0.717, 1.165) is 22.5 Å². The smallest absolute Gasteiger partial charge is 0.408 e. The summed E-state index contributed by atoms with van der Waals surface area (Å²) in [6.45, 7) is 2.07. The lowest BCUT2D eigenvalue weighted by Crippen LogP contribution is -2.29. The van der Waals surface area contributed by atoms with Crippen LogP contribution in [-0.4, -0.2) is 27.7 Å². The third-order valence-electron chi connectivity index (χ3n) is 4.71. The van der Waals surface area contributed by atoms with Gasteiger partial charge in [0.2, 0.25) is 0 Å². The van der Waals surface area contributed by atoms with E-state index < -0.39 is 12.1 Å². The first-order valence-electron chi connectivity index (χ1n) is 9.60. The van der Waals surface area contributed by atoms with Gasteiger partial charge in [0.1, 0.15) is 23.7 Å². The summed E-state index contributed by atoms with van der Waals surface area (Å²) < 4.78 is 12.5. The van der Waals surface area contributed by atoms with Crippen LogP contribution in [0.5, 0.6) is 5.75 Å².